The quantitative estimate of drug-likeness (QED) is 0.761. The largest absolute Gasteiger partial charge is 0.481 e. The van der Waals surface area contributed by atoms with E-state index in [9.17, 15) is 14.7 Å². The zero-order valence-corrected chi connectivity index (χ0v) is 17.8. The van der Waals surface area contributed by atoms with Crippen LogP contribution in [0.1, 0.15) is 48.5 Å². The van der Waals surface area contributed by atoms with E-state index in [2.05, 4.69) is 35.9 Å². The normalized spacial score (nSPS) is 23.9. The topological polar surface area (TPSA) is 64.1 Å². The highest BCUT2D eigenvalue weighted by molar-refractivity contribution is 5.94. The molecule has 6 heteroatoms. The fourth-order valence-corrected chi connectivity index (χ4v) is 4.72. The van der Waals surface area contributed by atoms with Crippen molar-refractivity contribution in [2.45, 2.75) is 45.1 Å². The molecule has 1 amide bonds. The van der Waals surface area contributed by atoms with E-state index in [-0.39, 0.29) is 18.2 Å². The monoisotopic (exact) mass is 401 g/mol. The summed E-state index contributed by atoms with van der Waals surface area (Å²) in [6, 6.07) is 8.35. The molecular formula is C23H35N3O3. The second kappa shape index (κ2) is 10.2. The van der Waals surface area contributed by atoms with Gasteiger partial charge in [0.1, 0.15) is 0 Å². The number of carbonyl (C=O) groups excluding carboxylic acids is 1. The van der Waals surface area contributed by atoms with Gasteiger partial charge in [0.2, 0.25) is 0 Å². The van der Waals surface area contributed by atoms with Crippen molar-refractivity contribution in [1.82, 2.24) is 14.7 Å². The number of aliphatic carboxylic acids is 1. The molecule has 0 bridgehead atoms. The summed E-state index contributed by atoms with van der Waals surface area (Å²) >= 11 is 0. The first-order valence-corrected chi connectivity index (χ1v) is 11.0. The lowest BCUT2D eigenvalue weighted by Crippen LogP contribution is -2.57. The van der Waals surface area contributed by atoms with Gasteiger partial charge in [0.25, 0.3) is 5.91 Å². The minimum Gasteiger partial charge on any atom is -0.481 e. The summed E-state index contributed by atoms with van der Waals surface area (Å²) in [4.78, 5) is 31.1. The van der Waals surface area contributed by atoms with Gasteiger partial charge >= 0.3 is 5.97 Å². The molecule has 0 saturated carbocycles. The molecule has 29 heavy (non-hydrogen) atoms. The van der Waals surface area contributed by atoms with Gasteiger partial charge in [-0.2, -0.15) is 0 Å². The Hall–Kier alpha value is -1.92. The molecule has 0 radical (unpaired) electrons. The summed E-state index contributed by atoms with van der Waals surface area (Å²) in [6.45, 7) is 7.70. The Labute approximate surface area is 174 Å². The van der Waals surface area contributed by atoms with Gasteiger partial charge in [-0.1, -0.05) is 25.5 Å². The third kappa shape index (κ3) is 5.80. The van der Waals surface area contributed by atoms with E-state index < -0.39 is 5.97 Å². The lowest BCUT2D eigenvalue weighted by Gasteiger charge is -2.46. The molecule has 0 spiro atoms. The van der Waals surface area contributed by atoms with Crippen LogP contribution in [0.3, 0.4) is 0 Å². The van der Waals surface area contributed by atoms with Crippen molar-refractivity contribution >= 4 is 11.9 Å². The highest BCUT2D eigenvalue weighted by atomic mass is 16.4. The minimum atomic E-state index is -0.753. The number of piperazine rings is 1. The van der Waals surface area contributed by atoms with Crippen LogP contribution in [0.25, 0.3) is 0 Å². The summed E-state index contributed by atoms with van der Waals surface area (Å²) in [7, 11) is 2.15. The van der Waals surface area contributed by atoms with Crippen molar-refractivity contribution in [3.63, 3.8) is 0 Å². The van der Waals surface area contributed by atoms with E-state index in [4.69, 9.17) is 0 Å². The number of amides is 1. The summed E-state index contributed by atoms with van der Waals surface area (Å²) in [5.41, 5.74) is 2.00. The first kappa shape index (κ1) is 21.8. The molecule has 2 heterocycles. The molecule has 6 nitrogen and oxygen atoms in total. The summed E-state index contributed by atoms with van der Waals surface area (Å²) in [5, 5.41) is 9.20. The van der Waals surface area contributed by atoms with E-state index in [0.29, 0.717) is 19.0 Å². The number of benzene rings is 1. The van der Waals surface area contributed by atoms with E-state index in [0.717, 1.165) is 57.5 Å². The van der Waals surface area contributed by atoms with Crippen molar-refractivity contribution in [2.24, 2.45) is 5.92 Å². The minimum absolute atomic E-state index is 0.0743. The number of hydrogen-bond acceptors (Lipinski definition) is 4. The Bertz CT molecular complexity index is 683. The van der Waals surface area contributed by atoms with Crippen LogP contribution in [0.2, 0.25) is 0 Å². The van der Waals surface area contributed by atoms with Gasteiger partial charge in [-0.25, -0.2) is 0 Å². The van der Waals surface area contributed by atoms with Crippen LogP contribution in [-0.4, -0.2) is 84.0 Å². The SMILES string of the molecule is CCCc1ccc(C(=O)N2CC[C@H](N3CCN(C)CC3)[C@H](CCC(=O)O)C2)cc1. The second-order valence-corrected chi connectivity index (χ2v) is 8.59. The maximum Gasteiger partial charge on any atom is 0.303 e. The number of aryl methyl sites for hydroxylation is 1. The molecule has 2 fully saturated rings. The molecule has 0 aliphatic carbocycles. The van der Waals surface area contributed by atoms with Gasteiger partial charge < -0.3 is 14.9 Å². The Morgan fingerprint density at radius 2 is 1.76 bits per heavy atom. The van der Waals surface area contributed by atoms with Crippen LogP contribution in [0.5, 0.6) is 0 Å². The number of piperidine rings is 1. The Morgan fingerprint density at radius 3 is 2.38 bits per heavy atom. The third-order valence-electron chi connectivity index (χ3n) is 6.46. The first-order valence-electron chi connectivity index (χ1n) is 11.0. The van der Waals surface area contributed by atoms with Gasteiger partial charge in [0.05, 0.1) is 0 Å². The molecule has 160 valence electrons. The molecule has 3 rings (SSSR count). The summed E-state index contributed by atoms with van der Waals surface area (Å²) in [5.74, 6) is -0.464. The first-order chi connectivity index (χ1) is 14.0. The standard InChI is InChI=1S/C23H35N3O3/c1-3-4-18-5-7-19(8-6-18)23(29)26-12-11-21(20(17-26)9-10-22(27)28)25-15-13-24(2)14-16-25/h5-8,20-21H,3-4,9-17H2,1-2H3,(H,27,28)/t20-,21+/m1/s1. The molecule has 0 aromatic heterocycles. The average molecular weight is 402 g/mol. The molecule has 1 N–H and O–H groups in total. The summed E-state index contributed by atoms with van der Waals surface area (Å²) < 4.78 is 0. The number of carbonyl (C=O) groups is 2. The molecular weight excluding hydrogens is 366 g/mol. The predicted molar refractivity (Wildman–Crippen MR) is 114 cm³/mol. The number of carboxylic acids is 1. The molecule has 2 saturated heterocycles. The number of hydrogen-bond donors (Lipinski definition) is 1. The van der Waals surface area contributed by atoms with Crippen LogP contribution in [-0.2, 0) is 11.2 Å². The highest BCUT2D eigenvalue weighted by Crippen LogP contribution is 2.28. The Balaban J connectivity index is 1.67. The smallest absolute Gasteiger partial charge is 0.303 e. The van der Waals surface area contributed by atoms with E-state index >= 15 is 0 Å². The Kier molecular flexibility index (Phi) is 7.67. The van der Waals surface area contributed by atoms with Crippen molar-refractivity contribution in [3.05, 3.63) is 35.4 Å². The average Bonchev–Trinajstić information content (AvgIpc) is 2.73. The van der Waals surface area contributed by atoms with Crippen molar-refractivity contribution in [2.75, 3.05) is 46.3 Å². The van der Waals surface area contributed by atoms with E-state index in [1.165, 1.54) is 5.56 Å². The maximum absolute atomic E-state index is 13.1. The van der Waals surface area contributed by atoms with Crippen molar-refractivity contribution in [3.8, 4) is 0 Å². The zero-order chi connectivity index (χ0) is 20.8. The molecule has 2 aliphatic rings. The van der Waals surface area contributed by atoms with Crippen molar-refractivity contribution < 1.29 is 14.7 Å². The fourth-order valence-electron chi connectivity index (χ4n) is 4.72. The number of likely N-dealkylation sites (tertiary alicyclic amines) is 1. The van der Waals surface area contributed by atoms with Crippen LogP contribution in [0.15, 0.2) is 24.3 Å². The molecule has 1 aromatic rings. The third-order valence-corrected chi connectivity index (χ3v) is 6.46. The number of carboxylic acid groups (broad SMARTS) is 1. The predicted octanol–water partition coefficient (Wildman–Crippen LogP) is 2.58. The van der Waals surface area contributed by atoms with Crippen molar-refractivity contribution in [1.29, 1.82) is 0 Å². The number of rotatable bonds is 7. The summed E-state index contributed by atoms with van der Waals surface area (Å²) in [6.07, 6.45) is 3.85. The van der Waals surface area contributed by atoms with E-state index in [1.54, 1.807) is 0 Å². The number of likely N-dealkylation sites (N-methyl/N-ethyl adjacent to an activating group) is 1. The van der Waals surface area contributed by atoms with Crippen LogP contribution < -0.4 is 0 Å². The molecule has 2 aliphatic heterocycles. The number of nitrogens with zero attached hydrogens (tertiary/aromatic N) is 3. The van der Waals surface area contributed by atoms with Crippen LogP contribution in [0, 0.1) is 5.92 Å². The van der Waals surface area contributed by atoms with Gasteiger partial charge in [-0.3, -0.25) is 14.5 Å². The van der Waals surface area contributed by atoms with Crippen LogP contribution in [0.4, 0.5) is 0 Å². The van der Waals surface area contributed by atoms with Gasteiger partial charge in [-0.15, -0.1) is 0 Å². The lowest BCUT2D eigenvalue weighted by atomic mass is 9.86. The fraction of sp³-hybridized carbons (Fsp3) is 0.652. The Morgan fingerprint density at radius 1 is 1.07 bits per heavy atom. The molecule has 0 unspecified atom stereocenters. The zero-order valence-electron chi connectivity index (χ0n) is 17.8. The van der Waals surface area contributed by atoms with Gasteiger partial charge in [-0.05, 0) is 49.9 Å². The van der Waals surface area contributed by atoms with E-state index in [1.807, 2.05) is 17.0 Å². The maximum atomic E-state index is 13.1. The van der Waals surface area contributed by atoms with Crippen LogP contribution >= 0.6 is 0 Å². The second-order valence-electron chi connectivity index (χ2n) is 8.59. The lowest BCUT2D eigenvalue weighted by molar-refractivity contribution is -0.137. The highest BCUT2D eigenvalue weighted by Gasteiger charge is 2.36. The molecule has 1 aromatic carbocycles. The van der Waals surface area contributed by atoms with Gasteiger partial charge in [0, 0.05) is 57.3 Å². The molecule has 2 atom stereocenters. The van der Waals surface area contributed by atoms with Gasteiger partial charge in [0.15, 0.2) is 0 Å².